The molecule has 0 fully saturated rings. The maximum Gasteiger partial charge on any atom is 0.160 e. The van der Waals surface area contributed by atoms with E-state index in [2.05, 4.69) is 40.9 Å². The normalized spacial score (nSPS) is 18.2. The van der Waals surface area contributed by atoms with Gasteiger partial charge in [0.2, 0.25) is 0 Å². The van der Waals surface area contributed by atoms with Gasteiger partial charge in [-0.05, 0) is 44.5 Å². The highest BCUT2D eigenvalue weighted by atomic mass is 16.3. The molecule has 0 amide bonds. The Morgan fingerprint density at radius 3 is 2.79 bits per heavy atom. The molecule has 3 heterocycles. The standard InChI is InChI=1S/C19H22N4O/c1-11(2)23-9-8-15-18(12(23)3)14-10-16(21-22-19(14)20-15)13-6-4-5-7-17(13)24/h4-7,10-12,24H,8-9H2,1-3H3,(H,20,22)/t12-/m1/s1. The lowest BCUT2D eigenvalue weighted by Crippen LogP contribution is -2.38. The van der Waals surface area contributed by atoms with Gasteiger partial charge >= 0.3 is 0 Å². The fourth-order valence-electron chi connectivity index (χ4n) is 3.86. The number of rotatable bonds is 2. The van der Waals surface area contributed by atoms with Gasteiger partial charge in [0.05, 0.1) is 5.69 Å². The van der Waals surface area contributed by atoms with Crippen molar-refractivity contribution in [1.82, 2.24) is 20.1 Å². The Morgan fingerprint density at radius 2 is 2.04 bits per heavy atom. The molecule has 5 nitrogen and oxygen atoms in total. The fourth-order valence-corrected chi connectivity index (χ4v) is 3.86. The zero-order valence-electron chi connectivity index (χ0n) is 14.2. The number of hydrogen-bond acceptors (Lipinski definition) is 4. The number of nitrogens with zero attached hydrogens (tertiary/aromatic N) is 3. The second-order valence-electron chi connectivity index (χ2n) is 6.78. The minimum absolute atomic E-state index is 0.229. The summed E-state index contributed by atoms with van der Waals surface area (Å²) in [4.78, 5) is 5.95. The third-order valence-corrected chi connectivity index (χ3v) is 5.06. The number of para-hydroxylation sites is 1. The summed E-state index contributed by atoms with van der Waals surface area (Å²) in [5.41, 5.74) is 4.83. The second-order valence-corrected chi connectivity index (χ2v) is 6.78. The molecule has 0 aliphatic carbocycles. The summed E-state index contributed by atoms with van der Waals surface area (Å²) in [7, 11) is 0. The van der Waals surface area contributed by atoms with Crippen LogP contribution in [-0.4, -0.2) is 37.8 Å². The van der Waals surface area contributed by atoms with Gasteiger partial charge in [-0.1, -0.05) is 12.1 Å². The topological polar surface area (TPSA) is 65.0 Å². The summed E-state index contributed by atoms with van der Waals surface area (Å²) in [6.07, 6.45) is 1.00. The Bertz CT molecular complexity index is 900. The van der Waals surface area contributed by atoms with E-state index in [4.69, 9.17) is 0 Å². The maximum absolute atomic E-state index is 10.1. The van der Waals surface area contributed by atoms with Gasteiger partial charge in [-0.2, -0.15) is 0 Å². The highest BCUT2D eigenvalue weighted by Gasteiger charge is 2.29. The van der Waals surface area contributed by atoms with Crippen molar-refractivity contribution in [3.8, 4) is 17.0 Å². The third kappa shape index (κ3) is 2.27. The fraction of sp³-hybridized carbons (Fsp3) is 0.368. The summed E-state index contributed by atoms with van der Waals surface area (Å²) >= 11 is 0. The van der Waals surface area contributed by atoms with Gasteiger partial charge in [0.25, 0.3) is 0 Å². The van der Waals surface area contributed by atoms with Gasteiger partial charge in [0.15, 0.2) is 5.65 Å². The molecule has 4 rings (SSSR count). The molecule has 1 aromatic carbocycles. The molecular weight excluding hydrogens is 300 g/mol. The number of phenolic OH excluding ortho intramolecular Hbond substituents is 1. The third-order valence-electron chi connectivity index (χ3n) is 5.06. The molecular formula is C19H22N4O. The van der Waals surface area contributed by atoms with Crippen LogP contribution in [0, 0.1) is 0 Å². The molecule has 2 aromatic heterocycles. The van der Waals surface area contributed by atoms with Crippen LogP contribution in [0.15, 0.2) is 30.3 Å². The quantitative estimate of drug-likeness (QED) is 0.756. The van der Waals surface area contributed by atoms with Crippen LogP contribution >= 0.6 is 0 Å². The van der Waals surface area contributed by atoms with Crippen molar-refractivity contribution in [2.75, 3.05) is 6.54 Å². The van der Waals surface area contributed by atoms with E-state index in [0.717, 1.165) is 24.0 Å². The van der Waals surface area contributed by atoms with Gasteiger partial charge in [-0.25, -0.2) is 0 Å². The number of phenols is 1. The number of hydrogen-bond donors (Lipinski definition) is 2. The summed E-state index contributed by atoms with van der Waals surface area (Å²) in [6, 6.07) is 10.1. The van der Waals surface area contributed by atoms with Crippen molar-refractivity contribution < 1.29 is 5.11 Å². The molecule has 3 aromatic rings. The van der Waals surface area contributed by atoms with E-state index >= 15 is 0 Å². The number of aromatic amines is 1. The van der Waals surface area contributed by atoms with Gasteiger partial charge in [-0.15, -0.1) is 10.2 Å². The number of aromatic hydroxyl groups is 1. The summed E-state index contributed by atoms with van der Waals surface area (Å²) in [6.45, 7) is 7.79. The number of benzene rings is 1. The Labute approximate surface area is 141 Å². The average Bonchev–Trinajstić information content (AvgIpc) is 2.93. The predicted molar refractivity (Wildman–Crippen MR) is 95.0 cm³/mol. The first-order chi connectivity index (χ1) is 11.6. The van der Waals surface area contributed by atoms with E-state index in [1.54, 1.807) is 6.07 Å². The van der Waals surface area contributed by atoms with Crippen LogP contribution in [0.5, 0.6) is 5.75 Å². The van der Waals surface area contributed by atoms with Gasteiger partial charge in [-0.3, -0.25) is 4.90 Å². The molecule has 0 spiro atoms. The van der Waals surface area contributed by atoms with Crippen molar-refractivity contribution in [2.45, 2.75) is 39.3 Å². The molecule has 124 valence electrons. The molecule has 24 heavy (non-hydrogen) atoms. The summed E-state index contributed by atoms with van der Waals surface area (Å²) in [5.74, 6) is 0.229. The Morgan fingerprint density at radius 1 is 1.25 bits per heavy atom. The monoisotopic (exact) mass is 322 g/mol. The number of nitrogens with one attached hydrogen (secondary N) is 1. The highest BCUT2D eigenvalue weighted by Crippen LogP contribution is 2.37. The largest absolute Gasteiger partial charge is 0.507 e. The predicted octanol–water partition coefficient (Wildman–Crippen LogP) is 3.66. The van der Waals surface area contributed by atoms with E-state index < -0.39 is 0 Å². The molecule has 0 radical (unpaired) electrons. The second kappa shape index (κ2) is 5.60. The van der Waals surface area contributed by atoms with Crippen molar-refractivity contribution in [3.63, 3.8) is 0 Å². The molecule has 0 saturated heterocycles. The number of fused-ring (bicyclic) bond motifs is 3. The van der Waals surface area contributed by atoms with E-state index in [0.29, 0.717) is 23.3 Å². The minimum Gasteiger partial charge on any atom is -0.507 e. The molecule has 1 aliphatic rings. The molecule has 0 bridgehead atoms. The van der Waals surface area contributed by atoms with Crippen LogP contribution in [0.4, 0.5) is 0 Å². The number of aromatic nitrogens is 3. The molecule has 2 N–H and O–H groups in total. The van der Waals surface area contributed by atoms with E-state index in [-0.39, 0.29) is 5.75 Å². The Balaban J connectivity index is 1.88. The van der Waals surface area contributed by atoms with Crippen molar-refractivity contribution in [2.24, 2.45) is 0 Å². The lowest BCUT2D eigenvalue weighted by molar-refractivity contribution is 0.155. The first-order valence-corrected chi connectivity index (χ1v) is 8.48. The smallest absolute Gasteiger partial charge is 0.160 e. The van der Waals surface area contributed by atoms with Gasteiger partial charge in [0.1, 0.15) is 5.75 Å². The first kappa shape index (κ1) is 15.1. The molecule has 0 saturated carbocycles. The van der Waals surface area contributed by atoms with Gasteiger partial charge in [0, 0.05) is 41.7 Å². The summed E-state index contributed by atoms with van der Waals surface area (Å²) in [5, 5.41) is 19.9. The van der Waals surface area contributed by atoms with Crippen molar-refractivity contribution >= 4 is 11.0 Å². The SMILES string of the molecule is CC(C)N1CCc2[nH]c3nnc(-c4ccccc4O)cc3c2[C@H]1C. The lowest BCUT2D eigenvalue weighted by Gasteiger charge is -2.36. The van der Waals surface area contributed by atoms with Crippen molar-refractivity contribution in [1.29, 1.82) is 0 Å². The van der Waals surface area contributed by atoms with Crippen LogP contribution in [0.25, 0.3) is 22.3 Å². The summed E-state index contributed by atoms with van der Waals surface area (Å²) < 4.78 is 0. The van der Waals surface area contributed by atoms with Crippen LogP contribution in [0.3, 0.4) is 0 Å². The van der Waals surface area contributed by atoms with Crippen molar-refractivity contribution in [3.05, 3.63) is 41.6 Å². The molecule has 5 heteroatoms. The van der Waals surface area contributed by atoms with E-state index in [1.165, 1.54) is 11.3 Å². The van der Waals surface area contributed by atoms with Crippen LogP contribution < -0.4 is 0 Å². The lowest BCUT2D eigenvalue weighted by atomic mass is 9.96. The first-order valence-electron chi connectivity index (χ1n) is 8.48. The number of H-pyrrole nitrogens is 1. The van der Waals surface area contributed by atoms with Crippen LogP contribution in [0.2, 0.25) is 0 Å². The Hall–Kier alpha value is -2.40. The van der Waals surface area contributed by atoms with E-state index in [1.807, 2.05) is 24.3 Å². The zero-order chi connectivity index (χ0) is 16.8. The average molecular weight is 322 g/mol. The zero-order valence-corrected chi connectivity index (χ0v) is 14.2. The van der Waals surface area contributed by atoms with Gasteiger partial charge < -0.3 is 10.1 Å². The van der Waals surface area contributed by atoms with E-state index in [9.17, 15) is 5.11 Å². The van der Waals surface area contributed by atoms with Crippen LogP contribution in [-0.2, 0) is 6.42 Å². The van der Waals surface area contributed by atoms with Crippen LogP contribution in [0.1, 0.15) is 38.1 Å². The molecule has 1 atom stereocenters. The Kier molecular flexibility index (Phi) is 3.53. The highest BCUT2D eigenvalue weighted by molar-refractivity contribution is 5.86. The maximum atomic E-state index is 10.1. The molecule has 0 unspecified atom stereocenters. The molecule has 1 aliphatic heterocycles. The minimum atomic E-state index is 0.229.